The number of aryl methyl sites for hydroxylation is 1. The molecule has 0 aliphatic heterocycles. The molecule has 6 N–H and O–H groups in total. The summed E-state index contributed by atoms with van der Waals surface area (Å²) in [7, 11) is 1.10. The SMILES string of the molecule is COC(=O)C(CNC(=O)c1cc(=O)[nH]c(=O)[nH]1)NC(=O)c1sc(C(=O)NCc2cccc(O)c2)cc1C. The molecule has 0 aliphatic rings. The largest absolute Gasteiger partial charge is 0.508 e. The highest BCUT2D eigenvalue weighted by Crippen LogP contribution is 2.22. The summed E-state index contributed by atoms with van der Waals surface area (Å²) in [6, 6.07) is 7.48. The molecule has 0 saturated heterocycles. The standard InChI is InChI=1S/C23H23N5O8S/c1-11-6-16(20(32)24-9-12-4-3-5-13(29)7-12)37-18(11)21(33)26-15(22(34)36-2)10-25-19(31)14-8-17(30)28-23(35)27-14/h3-8,15,29H,9-10H2,1-2H3,(H,24,32)(H,25,31)(H,26,33)(H2,27,28,30,35). The van der Waals surface area contributed by atoms with Crippen molar-refractivity contribution >= 4 is 35.0 Å². The van der Waals surface area contributed by atoms with Crippen LogP contribution in [0, 0.1) is 6.92 Å². The Balaban J connectivity index is 1.66. The first-order valence-electron chi connectivity index (χ1n) is 10.7. The molecule has 2 heterocycles. The van der Waals surface area contributed by atoms with Gasteiger partial charge >= 0.3 is 11.7 Å². The molecule has 1 aromatic carbocycles. The van der Waals surface area contributed by atoms with Crippen molar-refractivity contribution in [3.05, 3.63) is 83.8 Å². The Hall–Kier alpha value is -4.72. The van der Waals surface area contributed by atoms with Crippen LogP contribution in [0.5, 0.6) is 5.75 Å². The lowest BCUT2D eigenvalue weighted by Gasteiger charge is -2.17. The average Bonchev–Trinajstić information content (AvgIpc) is 3.25. The first kappa shape index (κ1) is 26.9. The molecule has 37 heavy (non-hydrogen) atoms. The van der Waals surface area contributed by atoms with Gasteiger partial charge in [-0.1, -0.05) is 12.1 Å². The van der Waals surface area contributed by atoms with Crippen LogP contribution in [0.3, 0.4) is 0 Å². The molecule has 0 bridgehead atoms. The highest BCUT2D eigenvalue weighted by atomic mass is 32.1. The van der Waals surface area contributed by atoms with Crippen LogP contribution in [0.4, 0.5) is 0 Å². The lowest BCUT2D eigenvalue weighted by atomic mass is 10.2. The molecule has 1 unspecified atom stereocenters. The van der Waals surface area contributed by atoms with Crippen LogP contribution in [0.2, 0.25) is 0 Å². The van der Waals surface area contributed by atoms with E-state index in [1.807, 2.05) is 4.98 Å². The van der Waals surface area contributed by atoms with Crippen LogP contribution in [0.25, 0.3) is 0 Å². The van der Waals surface area contributed by atoms with Crippen LogP contribution in [0.1, 0.15) is 41.0 Å². The minimum atomic E-state index is -1.31. The van der Waals surface area contributed by atoms with Gasteiger partial charge in [0, 0.05) is 19.2 Å². The normalized spacial score (nSPS) is 11.3. The van der Waals surface area contributed by atoms with Crippen molar-refractivity contribution < 1.29 is 29.0 Å². The molecule has 3 amide bonds. The van der Waals surface area contributed by atoms with E-state index in [-0.39, 0.29) is 27.7 Å². The van der Waals surface area contributed by atoms with E-state index >= 15 is 0 Å². The van der Waals surface area contributed by atoms with Crippen molar-refractivity contribution in [2.24, 2.45) is 0 Å². The number of carbonyl (C=O) groups excluding carboxylic acids is 4. The van der Waals surface area contributed by atoms with E-state index in [4.69, 9.17) is 0 Å². The second kappa shape index (κ2) is 11.8. The van der Waals surface area contributed by atoms with Crippen LogP contribution in [-0.2, 0) is 16.1 Å². The van der Waals surface area contributed by atoms with Gasteiger partial charge in [-0.3, -0.25) is 24.2 Å². The number of aromatic nitrogens is 2. The van der Waals surface area contributed by atoms with E-state index in [0.29, 0.717) is 11.1 Å². The number of methoxy groups -OCH3 is 1. The predicted molar refractivity (Wildman–Crippen MR) is 132 cm³/mol. The Morgan fingerprint density at radius 1 is 1.03 bits per heavy atom. The monoisotopic (exact) mass is 529 g/mol. The van der Waals surface area contributed by atoms with Crippen LogP contribution in [-0.4, -0.2) is 58.5 Å². The number of thiophene rings is 1. The number of H-pyrrole nitrogens is 2. The number of carbonyl (C=O) groups is 4. The number of phenolic OH excluding ortho intramolecular Hbond substituents is 1. The number of nitrogens with one attached hydrogen (secondary N) is 5. The number of hydrogen-bond acceptors (Lipinski definition) is 9. The van der Waals surface area contributed by atoms with Crippen molar-refractivity contribution in [2.75, 3.05) is 13.7 Å². The molecule has 0 spiro atoms. The van der Waals surface area contributed by atoms with Crippen molar-refractivity contribution in [1.29, 1.82) is 0 Å². The maximum Gasteiger partial charge on any atom is 0.330 e. The highest BCUT2D eigenvalue weighted by molar-refractivity contribution is 7.16. The zero-order valence-electron chi connectivity index (χ0n) is 19.7. The van der Waals surface area contributed by atoms with Crippen molar-refractivity contribution in [1.82, 2.24) is 25.9 Å². The van der Waals surface area contributed by atoms with Crippen LogP contribution >= 0.6 is 11.3 Å². The van der Waals surface area contributed by atoms with Gasteiger partial charge in [0.05, 0.1) is 16.9 Å². The van der Waals surface area contributed by atoms with E-state index in [9.17, 15) is 33.9 Å². The van der Waals surface area contributed by atoms with Crippen molar-refractivity contribution in [3.63, 3.8) is 0 Å². The summed E-state index contributed by atoms with van der Waals surface area (Å²) in [6.45, 7) is 1.37. The third-order valence-corrected chi connectivity index (χ3v) is 6.21. The molecule has 3 rings (SSSR count). The summed E-state index contributed by atoms with van der Waals surface area (Å²) >= 11 is 0.909. The molecule has 194 valence electrons. The first-order valence-corrected chi connectivity index (χ1v) is 11.6. The Labute approximate surface area is 212 Å². The lowest BCUT2D eigenvalue weighted by Crippen LogP contribution is -2.49. The fourth-order valence-corrected chi connectivity index (χ4v) is 4.19. The van der Waals surface area contributed by atoms with Gasteiger partial charge in [-0.05, 0) is 36.2 Å². The minimum absolute atomic E-state index is 0.0692. The lowest BCUT2D eigenvalue weighted by molar-refractivity contribution is -0.142. The first-order chi connectivity index (χ1) is 17.6. The van der Waals surface area contributed by atoms with Gasteiger partial charge in [0.2, 0.25) is 0 Å². The number of phenols is 1. The molecule has 0 radical (unpaired) electrons. The zero-order chi connectivity index (χ0) is 27.1. The number of hydrogen-bond donors (Lipinski definition) is 6. The average molecular weight is 530 g/mol. The number of benzene rings is 1. The molecular formula is C23H23N5O8S. The Morgan fingerprint density at radius 3 is 2.46 bits per heavy atom. The molecule has 3 aromatic rings. The van der Waals surface area contributed by atoms with E-state index < -0.39 is 47.5 Å². The molecule has 0 aliphatic carbocycles. The molecule has 2 aromatic heterocycles. The van der Waals surface area contributed by atoms with Gasteiger partial charge in [0.1, 0.15) is 17.5 Å². The number of ether oxygens (including phenoxy) is 1. The van der Waals surface area contributed by atoms with Gasteiger partial charge in [-0.2, -0.15) is 0 Å². The van der Waals surface area contributed by atoms with E-state index in [1.54, 1.807) is 19.1 Å². The second-order valence-electron chi connectivity index (χ2n) is 7.74. The van der Waals surface area contributed by atoms with Gasteiger partial charge in [-0.25, -0.2) is 9.59 Å². The topological polar surface area (TPSA) is 200 Å². The Morgan fingerprint density at radius 2 is 1.78 bits per heavy atom. The smallest absolute Gasteiger partial charge is 0.330 e. The predicted octanol–water partition coefficient (Wildman–Crippen LogP) is -0.230. The zero-order valence-corrected chi connectivity index (χ0v) is 20.5. The van der Waals surface area contributed by atoms with Crippen LogP contribution < -0.4 is 27.2 Å². The number of aromatic amines is 2. The molecule has 0 fully saturated rings. The maximum atomic E-state index is 12.9. The van der Waals surface area contributed by atoms with Gasteiger partial charge in [0.25, 0.3) is 23.3 Å². The van der Waals surface area contributed by atoms with Gasteiger partial charge in [-0.15, -0.1) is 11.3 Å². The van der Waals surface area contributed by atoms with Crippen molar-refractivity contribution in [3.8, 4) is 5.75 Å². The second-order valence-corrected chi connectivity index (χ2v) is 8.79. The quantitative estimate of drug-likeness (QED) is 0.204. The van der Waals surface area contributed by atoms with E-state index in [0.717, 1.165) is 24.5 Å². The molecule has 13 nitrogen and oxygen atoms in total. The van der Waals surface area contributed by atoms with Gasteiger partial charge < -0.3 is 30.8 Å². The number of amides is 3. The fourth-order valence-electron chi connectivity index (χ4n) is 3.20. The molecule has 14 heteroatoms. The molecular weight excluding hydrogens is 506 g/mol. The highest BCUT2D eigenvalue weighted by Gasteiger charge is 2.26. The third kappa shape index (κ3) is 7.14. The maximum absolute atomic E-state index is 12.9. The van der Waals surface area contributed by atoms with E-state index in [1.165, 1.54) is 18.2 Å². The van der Waals surface area contributed by atoms with Gasteiger partial charge in [0.15, 0.2) is 0 Å². The number of esters is 1. The fraction of sp³-hybridized carbons (Fsp3) is 0.217. The summed E-state index contributed by atoms with van der Waals surface area (Å²) in [5.41, 5.74) is -0.836. The van der Waals surface area contributed by atoms with Crippen molar-refractivity contribution in [2.45, 2.75) is 19.5 Å². The summed E-state index contributed by atoms with van der Waals surface area (Å²) in [6.07, 6.45) is 0. The number of rotatable bonds is 9. The molecule has 0 saturated carbocycles. The summed E-state index contributed by atoms with van der Waals surface area (Å²) in [4.78, 5) is 77.2. The van der Waals surface area contributed by atoms with E-state index in [2.05, 4.69) is 25.7 Å². The number of aromatic hydroxyl groups is 1. The summed E-state index contributed by atoms with van der Waals surface area (Å²) < 4.78 is 4.69. The third-order valence-electron chi connectivity index (χ3n) is 4.97. The van der Waals surface area contributed by atoms with Crippen LogP contribution in [0.15, 0.2) is 46.0 Å². The Bertz CT molecular complexity index is 1430. The Kier molecular flexibility index (Phi) is 8.58. The molecule has 1 atom stereocenters. The minimum Gasteiger partial charge on any atom is -0.508 e. The summed E-state index contributed by atoms with van der Waals surface area (Å²) in [5, 5.41) is 17.0. The summed E-state index contributed by atoms with van der Waals surface area (Å²) in [5.74, 6) is -2.75.